The van der Waals surface area contributed by atoms with E-state index in [9.17, 15) is 14.4 Å². The maximum absolute atomic E-state index is 13.9. The zero-order valence-corrected chi connectivity index (χ0v) is 21.5. The molecule has 1 N–H and O–H groups in total. The third-order valence-electron chi connectivity index (χ3n) is 7.44. The first-order valence-electron chi connectivity index (χ1n) is 12.5. The largest absolute Gasteiger partial charge is 0.469 e. The molecule has 5 rings (SSSR count). The molecule has 190 valence electrons. The lowest BCUT2D eigenvalue weighted by Gasteiger charge is -2.34. The molecule has 7 heteroatoms. The van der Waals surface area contributed by atoms with Crippen LogP contribution in [0.2, 0.25) is 0 Å². The van der Waals surface area contributed by atoms with Crippen molar-refractivity contribution in [2.24, 2.45) is 5.92 Å². The Bertz CT molecular complexity index is 1320. The number of methoxy groups -OCH3 is 1. The lowest BCUT2D eigenvalue weighted by atomic mass is 9.85. The lowest BCUT2D eigenvalue weighted by Crippen LogP contribution is -2.45. The van der Waals surface area contributed by atoms with Crippen LogP contribution in [-0.2, 0) is 14.3 Å². The predicted octanol–water partition coefficient (Wildman–Crippen LogP) is 4.05. The fraction of sp³-hybridized carbons (Fsp3) is 0.300. The second kappa shape index (κ2) is 9.82. The van der Waals surface area contributed by atoms with Crippen molar-refractivity contribution < 1.29 is 19.1 Å². The monoisotopic (exact) mass is 497 g/mol. The molecular formula is C30H31N3O4. The highest BCUT2D eigenvalue weighted by atomic mass is 16.5. The van der Waals surface area contributed by atoms with E-state index in [4.69, 9.17) is 4.74 Å². The average Bonchev–Trinajstić information content (AvgIpc) is 3.39. The van der Waals surface area contributed by atoms with Gasteiger partial charge in [-0.05, 0) is 55.2 Å². The smallest absolute Gasteiger partial charge is 0.312 e. The van der Waals surface area contributed by atoms with Crippen LogP contribution in [0.5, 0.6) is 0 Å². The van der Waals surface area contributed by atoms with Gasteiger partial charge in [0.1, 0.15) is 6.04 Å². The van der Waals surface area contributed by atoms with Crippen LogP contribution in [0.15, 0.2) is 72.8 Å². The van der Waals surface area contributed by atoms with Gasteiger partial charge in [-0.15, -0.1) is 0 Å². The third-order valence-corrected chi connectivity index (χ3v) is 7.44. The normalized spacial score (nSPS) is 23.1. The molecule has 0 radical (unpaired) electrons. The number of nitrogens with one attached hydrogen (secondary N) is 1. The van der Waals surface area contributed by atoms with Crippen molar-refractivity contribution >= 4 is 17.8 Å². The summed E-state index contributed by atoms with van der Waals surface area (Å²) in [4.78, 5) is 40.2. The number of aryl methyl sites for hydroxylation is 3. The first kappa shape index (κ1) is 24.7. The summed E-state index contributed by atoms with van der Waals surface area (Å²) in [5.41, 5.74) is 5.61. The SMILES string of the molecule is COC(=O)[C@H]1CN2C(=O)[C@H](NC(=O)c3ccccc3)[C@@H](c3ccccc3)N2[C@@H]1c1c(C)cc(C)cc1C. The van der Waals surface area contributed by atoms with Crippen molar-refractivity contribution in [3.8, 4) is 0 Å². The van der Waals surface area contributed by atoms with Gasteiger partial charge >= 0.3 is 5.97 Å². The average molecular weight is 498 g/mol. The number of rotatable bonds is 5. The predicted molar refractivity (Wildman–Crippen MR) is 139 cm³/mol. The van der Waals surface area contributed by atoms with Crippen LogP contribution in [0.3, 0.4) is 0 Å². The fourth-order valence-electron chi connectivity index (χ4n) is 5.99. The molecule has 2 aliphatic rings. The van der Waals surface area contributed by atoms with Crippen LogP contribution in [0.4, 0.5) is 0 Å². The van der Waals surface area contributed by atoms with Crippen molar-refractivity contribution in [1.29, 1.82) is 0 Å². The second-order valence-corrected chi connectivity index (χ2v) is 9.86. The Morgan fingerprint density at radius 2 is 1.49 bits per heavy atom. The summed E-state index contributed by atoms with van der Waals surface area (Å²) in [5, 5.41) is 6.64. The molecule has 37 heavy (non-hydrogen) atoms. The highest BCUT2D eigenvalue weighted by Gasteiger charge is 2.59. The van der Waals surface area contributed by atoms with Gasteiger partial charge in [0.15, 0.2) is 0 Å². The van der Waals surface area contributed by atoms with E-state index < -0.39 is 24.0 Å². The summed E-state index contributed by atoms with van der Waals surface area (Å²) in [5.74, 6) is -1.47. The molecule has 0 unspecified atom stereocenters. The Labute approximate surface area is 217 Å². The first-order valence-corrected chi connectivity index (χ1v) is 12.5. The standard InChI is InChI=1S/C30H31N3O4/c1-18-15-19(2)24(20(3)16-18)27-23(30(36)37-4)17-32-29(35)25(31-28(34)22-13-9-6-10-14-22)26(33(27)32)21-11-7-5-8-12-21/h5-16,23,25-27H,17H2,1-4H3,(H,31,34)/t23-,25+,26+,27-/m0/s1. The van der Waals surface area contributed by atoms with E-state index >= 15 is 0 Å². The van der Waals surface area contributed by atoms with Crippen molar-refractivity contribution in [3.63, 3.8) is 0 Å². The minimum atomic E-state index is -0.817. The molecule has 2 saturated heterocycles. The van der Waals surface area contributed by atoms with Gasteiger partial charge in [0.2, 0.25) is 0 Å². The number of benzene rings is 3. The highest BCUT2D eigenvalue weighted by Crippen LogP contribution is 2.50. The van der Waals surface area contributed by atoms with E-state index in [0.29, 0.717) is 5.56 Å². The molecule has 3 aromatic carbocycles. The first-order chi connectivity index (χ1) is 17.8. The molecule has 7 nitrogen and oxygen atoms in total. The fourth-order valence-corrected chi connectivity index (χ4v) is 5.99. The quantitative estimate of drug-likeness (QED) is 0.538. The van der Waals surface area contributed by atoms with E-state index in [-0.39, 0.29) is 24.3 Å². The Hall–Kier alpha value is -3.97. The number of amides is 2. The number of esters is 1. The van der Waals surface area contributed by atoms with E-state index in [1.54, 1.807) is 29.3 Å². The van der Waals surface area contributed by atoms with Crippen LogP contribution in [0.25, 0.3) is 0 Å². The van der Waals surface area contributed by atoms with Gasteiger partial charge in [-0.1, -0.05) is 66.2 Å². The number of fused-ring (bicyclic) bond motifs is 1. The van der Waals surface area contributed by atoms with Crippen molar-refractivity contribution in [2.45, 2.75) is 38.9 Å². The molecule has 2 fully saturated rings. The van der Waals surface area contributed by atoms with Crippen LogP contribution in [-0.4, -0.2) is 47.5 Å². The summed E-state index contributed by atoms with van der Waals surface area (Å²) in [6.07, 6.45) is 0. The van der Waals surface area contributed by atoms with Crippen LogP contribution >= 0.6 is 0 Å². The van der Waals surface area contributed by atoms with Crippen LogP contribution in [0, 0.1) is 26.7 Å². The number of hydrogen-bond donors (Lipinski definition) is 1. The van der Waals surface area contributed by atoms with E-state index in [2.05, 4.69) is 17.4 Å². The molecule has 2 heterocycles. The number of ether oxygens (including phenoxy) is 1. The van der Waals surface area contributed by atoms with Crippen molar-refractivity contribution in [1.82, 2.24) is 15.3 Å². The number of hydrazine groups is 1. The minimum Gasteiger partial charge on any atom is -0.469 e. The number of hydrogen-bond acceptors (Lipinski definition) is 5. The minimum absolute atomic E-state index is 0.184. The number of carbonyl (C=O) groups excluding carboxylic acids is 3. The van der Waals surface area contributed by atoms with Crippen molar-refractivity contribution in [3.05, 3.63) is 106 Å². The molecule has 0 bridgehead atoms. The third kappa shape index (κ3) is 4.29. The van der Waals surface area contributed by atoms with Gasteiger partial charge in [-0.2, -0.15) is 0 Å². The Kier molecular flexibility index (Phi) is 6.56. The Balaban J connectivity index is 1.64. The maximum atomic E-state index is 13.9. The van der Waals surface area contributed by atoms with Gasteiger partial charge in [0.05, 0.1) is 31.7 Å². The molecule has 0 aromatic heterocycles. The Morgan fingerprint density at radius 1 is 0.892 bits per heavy atom. The highest BCUT2D eigenvalue weighted by molar-refractivity contribution is 5.98. The lowest BCUT2D eigenvalue weighted by molar-refractivity contribution is -0.146. The molecule has 2 aliphatic heterocycles. The topological polar surface area (TPSA) is 79.0 Å². The number of nitrogens with zero attached hydrogens (tertiary/aromatic N) is 2. The van der Waals surface area contributed by atoms with E-state index in [1.165, 1.54) is 7.11 Å². The van der Waals surface area contributed by atoms with Gasteiger partial charge in [0.25, 0.3) is 11.8 Å². The molecular weight excluding hydrogens is 466 g/mol. The Morgan fingerprint density at radius 3 is 2.08 bits per heavy atom. The molecule has 0 saturated carbocycles. The number of carbonyl (C=O) groups is 3. The zero-order chi connectivity index (χ0) is 26.3. The van der Waals surface area contributed by atoms with Crippen LogP contribution in [0.1, 0.15) is 50.3 Å². The summed E-state index contributed by atoms with van der Waals surface area (Å²) in [7, 11) is 1.38. The zero-order valence-electron chi connectivity index (χ0n) is 21.5. The second-order valence-electron chi connectivity index (χ2n) is 9.86. The summed E-state index contributed by atoms with van der Waals surface area (Å²) in [6.45, 7) is 6.31. The van der Waals surface area contributed by atoms with Gasteiger partial charge in [0, 0.05) is 5.56 Å². The molecule has 0 aliphatic carbocycles. The molecule has 3 aromatic rings. The van der Waals surface area contributed by atoms with Gasteiger partial charge in [-0.3, -0.25) is 19.4 Å². The van der Waals surface area contributed by atoms with Gasteiger partial charge in [-0.25, -0.2) is 5.01 Å². The summed E-state index contributed by atoms with van der Waals surface area (Å²) >= 11 is 0. The van der Waals surface area contributed by atoms with Crippen LogP contribution < -0.4 is 5.32 Å². The molecule has 0 spiro atoms. The summed E-state index contributed by atoms with van der Waals surface area (Å²) in [6, 6.07) is 21.0. The van der Waals surface area contributed by atoms with Crippen molar-refractivity contribution in [2.75, 3.05) is 13.7 Å². The maximum Gasteiger partial charge on any atom is 0.312 e. The van der Waals surface area contributed by atoms with Gasteiger partial charge < -0.3 is 10.1 Å². The molecule has 2 amide bonds. The van der Waals surface area contributed by atoms with E-state index in [0.717, 1.165) is 27.8 Å². The molecule has 4 atom stereocenters. The summed E-state index contributed by atoms with van der Waals surface area (Å²) < 4.78 is 5.21. The van der Waals surface area contributed by atoms with E-state index in [1.807, 2.05) is 62.2 Å².